The molecule has 0 saturated carbocycles. The molecule has 80 valence electrons. The van der Waals surface area contributed by atoms with E-state index in [1.807, 2.05) is 0 Å². The van der Waals surface area contributed by atoms with E-state index in [-0.39, 0.29) is 5.54 Å². The molecule has 0 bridgehead atoms. The van der Waals surface area contributed by atoms with Gasteiger partial charge in [-0.05, 0) is 40.8 Å². The lowest BCUT2D eigenvalue weighted by atomic mass is 10.1. The van der Waals surface area contributed by atoms with Crippen molar-refractivity contribution in [3.8, 4) is 0 Å². The minimum absolute atomic E-state index is 0.256. The molecule has 1 N–H and O–H groups in total. The predicted molar refractivity (Wildman–Crippen MR) is 60.2 cm³/mol. The summed E-state index contributed by atoms with van der Waals surface area (Å²) in [5.74, 6) is 0. The van der Waals surface area contributed by atoms with Crippen LogP contribution in [0.15, 0.2) is 0 Å². The first-order chi connectivity index (χ1) is 5.95. The van der Waals surface area contributed by atoms with Crippen LogP contribution < -0.4 is 5.32 Å². The molecule has 2 heteroatoms. The van der Waals surface area contributed by atoms with Crippen molar-refractivity contribution in [2.24, 2.45) is 0 Å². The molecule has 0 aromatic heterocycles. The van der Waals surface area contributed by atoms with E-state index in [1.165, 1.54) is 19.4 Å². The van der Waals surface area contributed by atoms with Gasteiger partial charge in [-0.25, -0.2) is 0 Å². The highest BCUT2D eigenvalue weighted by Gasteiger charge is 2.07. The SMILES string of the molecule is CCCCN(C)CCNC(C)(C)C. The normalized spacial score (nSPS) is 12.5. The molecule has 0 aromatic rings. The van der Waals surface area contributed by atoms with Gasteiger partial charge in [-0.1, -0.05) is 13.3 Å². The zero-order valence-electron chi connectivity index (χ0n) is 9.98. The van der Waals surface area contributed by atoms with E-state index < -0.39 is 0 Å². The Labute approximate surface area is 83.7 Å². The number of likely N-dealkylation sites (N-methyl/N-ethyl adjacent to an activating group) is 1. The Bertz CT molecular complexity index is 116. The second-order valence-corrected chi connectivity index (χ2v) is 4.83. The quantitative estimate of drug-likeness (QED) is 0.683. The maximum absolute atomic E-state index is 3.49. The lowest BCUT2D eigenvalue weighted by molar-refractivity contribution is 0.305. The summed E-state index contributed by atoms with van der Waals surface area (Å²) in [5.41, 5.74) is 0.256. The van der Waals surface area contributed by atoms with Gasteiger partial charge in [-0.15, -0.1) is 0 Å². The molecule has 0 saturated heterocycles. The molecule has 2 nitrogen and oxygen atoms in total. The van der Waals surface area contributed by atoms with Gasteiger partial charge in [0.25, 0.3) is 0 Å². The van der Waals surface area contributed by atoms with Crippen LogP contribution in [0.5, 0.6) is 0 Å². The zero-order valence-corrected chi connectivity index (χ0v) is 9.98. The van der Waals surface area contributed by atoms with Gasteiger partial charge in [-0.2, -0.15) is 0 Å². The monoisotopic (exact) mass is 186 g/mol. The average Bonchev–Trinajstić information content (AvgIpc) is 1.98. The summed E-state index contributed by atoms with van der Waals surface area (Å²) in [7, 11) is 2.19. The van der Waals surface area contributed by atoms with Crippen molar-refractivity contribution in [1.82, 2.24) is 10.2 Å². The van der Waals surface area contributed by atoms with E-state index in [4.69, 9.17) is 0 Å². The van der Waals surface area contributed by atoms with Crippen LogP contribution in [0.1, 0.15) is 40.5 Å². The fraction of sp³-hybridized carbons (Fsp3) is 1.00. The number of hydrogen-bond acceptors (Lipinski definition) is 2. The molecule has 0 unspecified atom stereocenters. The first-order valence-corrected chi connectivity index (χ1v) is 5.39. The molecule has 0 aliphatic rings. The first-order valence-electron chi connectivity index (χ1n) is 5.39. The van der Waals surface area contributed by atoms with E-state index >= 15 is 0 Å². The van der Waals surface area contributed by atoms with Crippen LogP contribution in [0.4, 0.5) is 0 Å². The van der Waals surface area contributed by atoms with E-state index in [0.717, 1.165) is 13.1 Å². The highest BCUT2D eigenvalue weighted by molar-refractivity contribution is 4.70. The largest absolute Gasteiger partial charge is 0.311 e. The maximum atomic E-state index is 3.49. The van der Waals surface area contributed by atoms with Gasteiger partial charge >= 0.3 is 0 Å². The van der Waals surface area contributed by atoms with Crippen LogP contribution in [-0.4, -0.2) is 37.1 Å². The Hall–Kier alpha value is -0.0800. The molecular weight excluding hydrogens is 160 g/mol. The van der Waals surface area contributed by atoms with E-state index in [1.54, 1.807) is 0 Å². The summed E-state index contributed by atoms with van der Waals surface area (Å²) in [6, 6.07) is 0. The molecule has 0 spiro atoms. The van der Waals surface area contributed by atoms with Crippen molar-refractivity contribution in [2.45, 2.75) is 46.1 Å². The molecule has 0 amide bonds. The van der Waals surface area contributed by atoms with Crippen LogP contribution >= 0.6 is 0 Å². The van der Waals surface area contributed by atoms with Crippen molar-refractivity contribution >= 4 is 0 Å². The Kier molecular flexibility index (Phi) is 6.35. The summed E-state index contributed by atoms with van der Waals surface area (Å²) in [6.07, 6.45) is 2.60. The molecule has 0 rings (SSSR count). The van der Waals surface area contributed by atoms with Crippen molar-refractivity contribution < 1.29 is 0 Å². The van der Waals surface area contributed by atoms with Crippen molar-refractivity contribution in [3.63, 3.8) is 0 Å². The summed E-state index contributed by atoms with van der Waals surface area (Å²) in [5, 5.41) is 3.49. The van der Waals surface area contributed by atoms with Gasteiger partial charge in [-0.3, -0.25) is 0 Å². The lowest BCUT2D eigenvalue weighted by Crippen LogP contribution is -2.40. The van der Waals surface area contributed by atoms with Crippen LogP contribution in [0.3, 0.4) is 0 Å². The topological polar surface area (TPSA) is 15.3 Å². The van der Waals surface area contributed by atoms with Crippen molar-refractivity contribution in [1.29, 1.82) is 0 Å². The summed E-state index contributed by atoms with van der Waals surface area (Å²) in [6.45, 7) is 12.3. The Morgan fingerprint density at radius 1 is 1.15 bits per heavy atom. The molecule has 0 aromatic carbocycles. The third-order valence-electron chi connectivity index (χ3n) is 2.04. The smallest absolute Gasteiger partial charge is 0.0104 e. The van der Waals surface area contributed by atoms with E-state index in [0.29, 0.717) is 0 Å². The fourth-order valence-corrected chi connectivity index (χ4v) is 1.16. The van der Waals surface area contributed by atoms with Crippen LogP contribution in [-0.2, 0) is 0 Å². The molecule has 13 heavy (non-hydrogen) atoms. The lowest BCUT2D eigenvalue weighted by Gasteiger charge is -2.23. The van der Waals surface area contributed by atoms with Gasteiger partial charge in [0.15, 0.2) is 0 Å². The Morgan fingerprint density at radius 2 is 1.77 bits per heavy atom. The molecular formula is C11H26N2. The minimum Gasteiger partial charge on any atom is -0.311 e. The molecule has 0 aliphatic carbocycles. The van der Waals surface area contributed by atoms with Crippen molar-refractivity contribution in [3.05, 3.63) is 0 Å². The number of nitrogens with zero attached hydrogens (tertiary/aromatic N) is 1. The molecule has 0 atom stereocenters. The second kappa shape index (κ2) is 6.39. The van der Waals surface area contributed by atoms with Gasteiger partial charge in [0.2, 0.25) is 0 Å². The average molecular weight is 186 g/mol. The molecule has 0 radical (unpaired) electrons. The third kappa shape index (κ3) is 9.84. The Morgan fingerprint density at radius 3 is 2.23 bits per heavy atom. The summed E-state index contributed by atoms with van der Waals surface area (Å²) in [4.78, 5) is 2.39. The predicted octanol–water partition coefficient (Wildman–Crippen LogP) is 2.11. The third-order valence-corrected chi connectivity index (χ3v) is 2.04. The molecule has 0 aliphatic heterocycles. The summed E-state index contributed by atoms with van der Waals surface area (Å²) < 4.78 is 0. The maximum Gasteiger partial charge on any atom is 0.0104 e. The molecule has 0 fully saturated rings. The highest BCUT2D eigenvalue weighted by Crippen LogP contribution is 1.97. The van der Waals surface area contributed by atoms with Crippen LogP contribution in [0, 0.1) is 0 Å². The minimum atomic E-state index is 0.256. The number of rotatable bonds is 6. The zero-order chi connectivity index (χ0) is 10.3. The van der Waals surface area contributed by atoms with E-state index in [2.05, 4.69) is 45.0 Å². The van der Waals surface area contributed by atoms with E-state index in [9.17, 15) is 0 Å². The van der Waals surface area contributed by atoms with Gasteiger partial charge < -0.3 is 10.2 Å². The van der Waals surface area contributed by atoms with Gasteiger partial charge in [0.1, 0.15) is 0 Å². The standard InChI is InChI=1S/C11H26N2/c1-6-7-9-13(5)10-8-12-11(2,3)4/h12H,6-10H2,1-5H3. The Balaban J connectivity index is 3.31. The number of unbranched alkanes of at least 4 members (excludes halogenated alkanes) is 1. The number of nitrogens with one attached hydrogen (secondary N) is 1. The number of hydrogen-bond donors (Lipinski definition) is 1. The van der Waals surface area contributed by atoms with Gasteiger partial charge in [0, 0.05) is 18.6 Å². The van der Waals surface area contributed by atoms with Gasteiger partial charge in [0.05, 0.1) is 0 Å². The first kappa shape index (κ1) is 12.9. The second-order valence-electron chi connectivity index (χ2n) is 4.83. The summed E-state index contributed by atoms with van der Waals surface area (Å²) >= 11 is 0. The van der Waals surface area contributed by atoms with Crippen LogP contribution in [0.25, 0.3) is 0 Å². The molecule has 0 heterocycles. The van der Waals surface area contributed by atoms with Crippen molar-refractivity contribution in [2.75, 3.05) is 26.7 Å². The fourth-order valence-electron chi connectivity index (χ4n) is 1.16. The van der Waals surface area contributed by atoms with Crippen LogP contribution in [0.2, 0.25) is 0 Å². The highest BCUT2D eigenvalue weighted by atomic mass is 15.1.